The molecular formula is C17H16ClN5O3S. The first kappa shape index (κ1) is 19.1. The second-order valence-electron chi connectivity index (χ2n) is 5.36. The van der Waals surface area contributed by atoms with Crippen molar-refractivity contribution in [2.75, 3.05) is 12.9 Å². The molecule has 1 aromatic carbocycles. The molecule has 0 fully saturated rings. The molecular weight excluding hydrogens is 390 g/mol. The van der Waals surface area contributed by atoms with E-state index in [0.29, 0.717) is 22.5 Å². The molecule has 0 N–H and O–H groups in total. The molecule has 3 rings (SSSR count). The van der Waals surface area contributed by atoms with Gasteiger partial charge in [-0.2, -0.15) is 5.10 Å². The molecule has 0 spiro atoms. The summed E-state index contributed by atoms with van der Waals surface area (Å²) in [6.07, 6.45) is 1.58. The van der Waals surface area contributed by atoms with Crippen molar-refractivity contribution in [2.45, 2.75) is 18.6 Å². The lowest BCUT2D eigenvalue weighted by atomic mass is 10.3. The lowest BCUT2D eigenvalue weighted by Gasteiger charge is -2.09. The summed E-state index contributed by atoms with van der Waals surface area (Å²) < 4.78 is 7.95. The van der Waals surface area contributed by atoms with Crippen molar-refractivity contribution >= 4 is 29.3 Å². The minimum absolute atomic E-state index is 0.103. The Hall–Kier alpha value is -2.65. The van der Waals surface area contributed by atoms with Gasteiger partial charge in [0, 0.05) is 23.8 Å². The number of aromatic nitrogens is 5. The molecule has 0 amide bonds. The topological polar surface area (TPSA) is 91.9 Å². The average molecular weight is 406 g/mol. The fourth-order valence-electron chi connectivity index (χ4n) is 2.34. The van der Waals surface area contributed by atoms with Crippen molar-refractivity contribution in [3.05, 3.63) is 51.8 Å². The van der Waals surface area contributed by atoms with Crippen LogP contribution in [0.1, 0.15) is 6.92 Å². The van der Waals surface area contributed by atoms with Crippen molar-refractivity contribution < 1.29 is 9.53 Å². The highest BCUT2D eigenvalue weighted by atomic mass is 35.5. The summed E-state index contributed by atoms with van der Waals surface area (Å²) in [5.74, 6) is 0.0830. The van der Waals surface area contributed by atoms with Gasteiger partial charge in [0.1, 0.15) is 0 Å². The fraction of sp³-hybridized carbons (Fsp3) is 0.235. The lowest BCUT2D eigenvalue weighted by molar-refractivity contribution is -0.137. The van der Waals surface area contributed by atoms with Crippen LogP contribution in [-0.2, 0) is 16.1 Å². The van der Waals surface area contributed by atoms with Crippen molar-refractivity contribution in [1.82, 2.24) is 24.5 Å². The zero-order valence-corrected chi connectivity index (χ0v) is 16.2. The molecule has 0 radical (unpaired) electrons. The van der Waals surface area contributed by atoms with Crippen LogP contribution in [-0.4, -0.2) is 43.4 Å². The largest absolute Gasteiger partial charge is 0.468 e. The van der Waals surface area contributed by atoms with Crippen LogP contribution < -0.4 is 5.43 Å². The van der Waals surface area contributed by atoms with E-state index in [1.165, 1.54) is 24.9 Å². The molecule has 0 aliphatic carbocycles. The van der Waals surface area contributed by atoms with Crippen molar-refractivity contribution in [2.24, 2.45) is 0 Å². The van der Waals surface area contributed by atoms with Crippen molar-refractivity contribution in [3.8, 4) is 17.2 Å². The van der Waals surface area contributed by atoms with Crippen LogP contribution in [0, 0.1) is 0 Å². The second-order valence-corrected chi connectivity index (χ2v) is 6.74. The summed E-state index contributed by atoms with van der Waals surface area (Å²) in [4.78, 5) is 23.8. The minimum Gasteiger partial charge on any atom is -0.468 e. The van der Waals surface area contributed by atoms with Crippen molar-refractivity contribution in [3.63, 3.8) is 0 Å². The average Bonchev–Trinajstić information content (AvgIpc) is 3.09. The summed E-state index contributed by atoms with van der Waals surface area (Å²) in [6.45, 7) is 2.42. The van der Waals surface area contributed by atoms with Gasteiger partial charge in [-0.3, -0.25) is 9.59 Å². The predicted molar refractivity (Wildman–Crippen MR) is 102 cm³/mol. The summed E-state index contributed by atoms with van der Waals surface area (Å²) in [6, 6.07) is 8.50. The molecule has 2 aromatic heterocycles. The van der Waals surface area contributed by atoms with Gasteiger partial charge in [-0.25, -0.2) is 4.68 Å². The summed E-state index contributed by atoms with van der Waals surface area (Å²) >= 11 is 7.11. The number of ether oxygens (including phenoxy) is 1. The zero-order valence-electron chi connectivity index (χ0n) is 14.6. The number of rotatable bonds is 6. The van der Waals surface area contributed by atoms with Crippen LogP contribution in [0.25, 0.3) is 17.2 Å². The molecule has 27 heavy (non-hydrogen) atoms. The van der Waals surface area contributed by atoms with E-state index in [-0.39, 0.29) is 22.8 Å². The number of esters is 1. The SMILES string of the molecule is CCn1c(SCC(=O)OC)nnc1-c1nn(-c2ccc(Cl)cc2)ccc1=O. The highest BCUT2D eigenvalue weighted by Crippen LogP contribution is 2.21. The quantitative estimate of drug-likeness (QED) is 0.459. The Bertz CT molecular complexity index is 1020. The first-order valence-corrected chi connectivity index (χ1v) is 9.39. The number of carbonyl (C=O) groups is 1. The van der Waals surface area contributed by atoms with Gasteiger partial charge in [-0.05, 0) is 31.2 Å². The number of thioether (sulfide) groups is 1. The smallest absolute Gasteiger partial charge is 0.316 e. The van der Waals surface area contributed by atoms with Crippen LogP contribution >= 0.6 is 23.4 Å². The van der Waals surface area contributed by atoms with Crippen LogP contribution in [0.3, 0.4) is 0 Å². The molecule has 0 unspecified atom stereocenters. The number of halogens is 1. The van der Waals surface area contributed by atoms with Crippen LogP contribution in [0.2, 0.25) is 5.02 Å². The number of hydrogen-bond donors (Lipinski definition) is 0. The Morgan fingerprint density at radius 1 is 1.22 bits per heavy atom. The Morgan fingerprint density at radius 3 is 2.63 bits per heavy atom. The molecule has 0 bridgehead atoms. The van der Waals surface area contributed by atoms with Crippen LogP contribution in [0.5, 0.6) is 0 Å². The number of carbonyl (C=O) groups excluding carboxylic acids is 1. The predicted octanol–water partition coefficient (Wildman–Crippen LogP) is 2.43. The first-order chi connectivity index (χ1) is 13.0. The van der Waals surface area contributed by atoms with Gasteiger partial charge in [-0.1, -0.05) is 23.4 Å². The number of benzene rings is 1. The van der Waals surface area contributed by atoms with Crippen LogP contribution in [0.15, 0.2) is 46.5 Å². The zero-order chi connectivity index (χ0) is 19.4. The maximum absolute atomic E-state index is 12.4. The Morgan fingerprint density at radius 2 is 1.96 bits per heavy atom. The number of methoxy groups -OCH3 is 1. The van der Waals surface area contributed by atoms with Gasteiger partial charge < -0.3 is 9.30 Å². The molecule has 10 heteroatoms. The Balaban J connectivity index is 1.99. The van der Waals surface area contributed by atoms with E-state index in [1.807, 2.05) is 6.92 Å². The highest BCUT2D eigenvalue weighted by Gasteiger charge is 2.18. The van der Waals surface area contributed by atoms with Gasteiger partial charge in [-0.15, -0.1) is 10.2 Å². The molecule has 0 atom stereocenters. The molecule has 140 valence electrons. The molecule has 0 saturated heterocycles. The lowest BCUT2D eigenvalue weighted by Crippen LogP contribution is -2.15. The standard InChI is InChI=1S/C17H16ClN5O3S/c1-3-22-16(19-20-17(22)27-10-14(25)26-2)15-13(24)8-9-23(21-15)12-6-4-11(18)5-7-12/h4-9H,3,10H2,1-2H3. The third-order valence-corrected chi connectivity index (χ3v) is 4.88. The normalized spacial score (nSPS) is 10.8. The molecule has 0 aliphatic heterocycles. The first-order valence-electron chi connectivity index (χ1n) is 8.02. The van der Waals surface area contributed by atoms with Crippen molar-refractivity contribution in [1.29, 1.82) is 0 Å². The van der Waals surface area contributed by atoms with Gasteiger partial charge in [0.15, 0.2) is 16.7 Å². The van der Waals surface area contributed by atoms with E-state index in [0.717, 1.165) is 5.69 Å². The Labute approximate surface area is 164 Å². The van der Waals surface area contributed by atoms with E-state index in [4.69, 9.17) is 11.6 Å². The maximum atomic E-state index is 12.4. The number of nitrogens with zero attached hydrogens (tertiary/aromatic N) is 5. The molecule has 0 saturated carbocycles. The molecule has 0 aliphatic rings. The van der Waals surface area contributed by atoms with E-state index in [1.54, 1.807) is 39.7 Å². The summed E-state index contributed by atoms with van der Waals surface area (Å²) in [5, 5.41) is 13.7. The van der Waals surface area contributed by atoms with Gasteiger partial charge in [0.25, 0.3) is 0 Å². The third-order valence-electron chi connectivity index (χ3n) is 3.69. The van der Waals surface area contributed by atoms with Gasteiger partial charge in [0.2, 0.25) is 5.43 Å². The van der Waals surface area contributed by atoms with Crippen LogP contribution in [0.4, 0.5) is 0 Å². The van der Waals surface area contributed by atoms with E-state index in [9.17, 15) is 9.59 Å². The summed E-state index contributed by atoms with van der Waals surface area (Å²) in [5.41, 5.74) is 0.655. The maximum Gasteiger partial charge on any atom is 0.316 e. The van der Waals surface area contributed by atoms with Gasteiger partial charge in [0.05, 0.1) is 18.6 Å². The monoisotopic (exact) mass is 405 g/mol. The fourth-order valence-corrected chi connectivity index (χ4v) is 3.30. The van der Waals surface area contributed by atoms with E-state index >= 15 is 0 Å². The molecule has 2 heterocycles. The minimum atomic E-state index is -0.366. The van der Waals surface area contributed by atoms with E-state index < -0.39 is 0 Å². The van der Waals surface area contributed by atoms with Gasteiger partial charge >= 0.3 is 5.97 Å². The molecule has 8 nitrogen and oxygen atoms in total. The summed E-state index contributed by atoms with van der Waals surface area (Å²) in [7, 11) is 1.33. The third kappa shape index (κ3) is 4.20. The second kappa shape index (κ2) is 8.36. The highest BCUT2D eigenvalue weighted by molar-refractivity contribution is 7.99. The molecule has 3 aromatic rings. The number of hydrogen-bond acceptors (Lipinski definition) is 7. The van der Waals surface area contributed by atoms with E-state index in [2.05, 4.69) is 20.0 Å². The Kier molecular flexibility index (Phi) is 5.92.